The van der Waals surface area contributed by atoms with Crippen LogP contribution in [-0.4, -0.2) is 29.0 Å². The Balaban J connectivity index is 1.91. The predicted molar refractivity (Wildman–Crippen MR) is 65.4 cm³/mol. The number of rotatable bonds is 6. The molecule has 2 rings (SSSR count). The molecule has 0 amide bonds. The van der Waals surface area contributed by atoms with Gasteiger partial charge in [0.05, 0.1) is 9.95 Å². The van der Waals surface area contributed by atoms with Gasteiger partial charge in [-0.25, -0.2) is 4.98 Å². The number of nitrogens with zero attached hydrogens (tertiary/aromatic N) is 2. The zero-order valence-corrected chi connectivity index (χ0v) is 9.91. The van der Waals surface area contributed by atoms with E-state index in [0.29, 0.717) is 12.6 Å². The van der Waals surface area contributed by atoms with Gasteiger partial charge in [-0.15, -0.1) is 0 Å². The first-order chi connectivity index (χ1) is 8.16. The van der Waals surface area contributed by atoms with Gasteiger partial charge in [0.25, 0.3) is 0 Å². The number of hydrogen-bond acceptors (Lipinski definition) is 5. The van der Waals surface area contributed by atoms with E-state index in [0.717, 1.165) is 6.54 Å². The van der Waals surface area contributed by atoms with Gasteiger partial charge in [0.15, 0.2) is 0 Å². The van der Waals surface area contributed by atoms with Crippen molar-refractivity contribution in [1.29, 1.82) is 0 Å². The van der Waals surface area contributed by atoms with Gasteiger partial charge in [-0.3, -0.25) is 10.1 Å². The molecule has 2 N–H and O–H groups in total. The van der Waals surface area contributed by atoms with Crippen molar-refractivity contribution in [3.63, 3.8) is 0 Å². The molecule has 1 aromatic rings. The van der Waals surface area contributed by atoms with Crippen molar-refractivity contribution < 1.29 is 4.92 Å². The molecule has 0 saturated heterocycles. The molecule has 0 spiro atoms. The maximum atomic E-state index is 10.8. The van der Waals surface area contributed by atoms with Gasteiger partial charge in [0.2, 0.25) is 5.82 Å². The number of nitro groups is 1. The summed E-state index contributed by atoms with van der Waals surface area (Å²) in [6.45, 7) is 1.37. The Bertz CT molecular complexity index is 423. The summed E-state index contributed by atoms with van der Waals surface area (Å²) in [4.78, 5) is 14.2. The predicted octanol–water partition coefficient (Wildman–Crippen LogP) is 1.81. The highest BCUT2D eigenvalue weighted by Gasteiger charge is 2.20. The molecular formula is C10H13ClN4O2. The average molecular weight is 257 g/mol. The van der Waals surface area contributed by atoms with Crippen molar-refractivity contribution in [2.75, 3.05) is 18.4 Å². The van der Waals surface area contributed by atoms with E-state index in [-0.39, 0.29) is 16.5 Å². The van der Waals surface area contributed by atoms with Gasteiger partial charge in [-0.2, -0.15) is 0 Å². The molecule has 0 aromatic carbocycles. The standard InChI is InChI=1S/C10H13ClN4O2/c11-7-5-9(15(16)17)10(14-6-7)13-4-3-12-8-1-2-8/h5-6,8,12H,1-4H2,(H,13,14). The minimum atomic E-state index is -0.491. The lowest BCUT2D eigenvalue weighted by atomic mass is 10.4. The first-order valence-electron chi connectivity index (χ1n) is 5.44. The lowest BCUT2D eigenvalue weighted by Crippen LogP contribution is -2.24. The summed E-state index contributed by atoms with van der Waals surface area (Å²) in [6, 6.07) is 1.93. The topological polar surface area (TPSA) is 80.1 Å². The van der Waals surface area contributed by atoms with Gasteiger partial charge in [0.1, 0.15) is 0 Å². The number of nitrogens with one attached hydrogen (secondary N) is 2. The van der Waals surface area contributed by atoms with E-state index in [4.69, 9.17) is 11.6 Å². The smallest absolute Gasteiger partial charge is 0.312 e. The molecule has 0 atom stereocenters. The van der Waals surface area contributed by atoms with Gasteiger partial charge in [0, 0.05) is 31.4 Å². The maximum Gasteiger partial charge on any atom is 0.312 e. The molecule has 1 aliphatic carbocycles. The fourth-order valence-corrected chi connectivity index (χ4v) is 1.60. The van der Waals surface area contributed by atoms with E-state index < -0.39 is 4.92 Å². The third-order valence-corrected chi connectivity index (χ3v) is 2.67. The molecule has 1 saturated carbocycles. The maximum absolute atomic E-state index is 10.8. The molecular weight excluding hydrogens is 244 g/mol. The first kappa shape index (κ1) is 12.1. The van der Waals surface area contributed by atoms with Crippen LogP contribution in [0.25, 0.3) is 0 Å². The zero-order chi connectivity index (χ0) is 12.3. The minimum absolute atomic E-state index is 0.0936. The molecule has 92 valence electrons. The van der Waals surface area contributed by atoms with E-state index in [2.05, 4.69) is 15.6 Å². The molecule has 0 aliphatic heterocycles. The first-order valence-corrected chi connectivity index (χ1v) is 5.82. The number of pyridine rings is 1. The van der Waals surface area contributed by atoms with Crippen LogP contribution in [0.15, 0.2) is 12.3 Å². The van der Waals surface area contributed by atoms with Crippen LogP contribution < -0.4 is 10.6 Å². The molecule has 0 bridgehead atoms. The molecule has 1 heterocycles. The Hall–Kier alpha value is -1.40. The third-order valence-electron chi connectivity index (χ3n) is 2.46. The molecule has 1 aliphatic rings. The van der Waals surface area contributed by atoms with Crippen LogP contribution in [0.1, 0.15) is 12.8 Å². The van der Waals surface area contributed by atoms with Crippen molar-refractivity contribution in [3.05, 3.63) is 27.4 Å². The Labute approximate surface area is 104 Å². The van der Waals surface area contributed by atoms with E-state index in [9.17, 15) is 10.1 Å². The number of halogens is 1. The lowest BCUT2D eigenvalue weighted by Gasteiger charge is -2.06. The Morgan fingerprint density at radius 1 is 1.53 bits per heavy atom. The van der Waals surface area contributed by atoms with Crippen LogP contribution >= 0.6 is 11.6 Å². The quantitative estimate of drug-likeness (QED) is 0.461. The van der Waals surface area contributed by atoms with Crippen LogP contribution in [0.4, 0.5) is 11.5 Å². The van der Waals surface area contributed by atoms with E-state index in [1.165, 1.54) is 25.1 Å². The molecule has 17 heavy (non-hydrogen) atoms. The van der Waals surface area contributed by atoms with E-state index >= 15 is 0 Å². The molecule has 6 nitrogen and oxygen atoms in total. The Kier molecular flexibility index (Phi) is 3.75. The SMILES string of the molecule is O=[N+]([O-])c1cc(Cl)cnc1NCCNC1CC1. The summed E-state index contributed by atoms with van der Waals surface area (Å²) in [5, 5.41) is 17.3. The van der Waals surface area contributed by atoms with Crippen molar-refractivity contribution in [2.24, 2.45) is 0 Å². The van der Waals surface area contributed by atoms with Gasteiger partial charge < -0.3 is 10.6 Å². The second-order valence-corrected chi connectivity index (χ2v) is 4.37. The fraction of sp³-hybridized carbons (Fsp3) is 0.500. The highest BCUT2D eigenvalue weighted by atomic mass is 35.5. The summed E-state index contributed by atoms with van der Waals surface area (Å²) < 4.78 is 0. The second-order valence-electron chi connectivity index (χ2n) is 3.93. The van der Waals surface area contributed by atoms with E-state index in [1.54, 1.807) is 0 Å². The van der Waals surface area contributed by atoms with Crippen LogP contribution in [0.3, 0.4) is 0 Å². The lowest BCUT2D eigenvalue weighted by molar-refractivity contribution is -0.384. The van der Waals surface area contributed by atoms with Crippen LogP contribution in [0, 0.1) is 10.1 Å². The number of anilines is 1. The molecule has 1 aromatic heterocycles. The minimum Gasteiger partial charge on any atom is -0.363 e. The molecule has 0 unspecified atom stereocenters. The number of aromatic nitrogens is 1. The van der Waals surface area contributed by atoms with Crippen molar-refractivity contribution in [1.82, 2.24) is 10.3 Å². The second kappa shape index (κ2) is 5.29. The van der Waals surface area contributed by atoms with Crippen LogP contribution in [-0.2, 0) is 0 Å². The van der Waals surface area contributed by atoms with Gasteiger partial charge in [-0.1, -0.05) is 11.6 Å². The molecule has 7 heteroatoms. The van der Waals surface area contributed by atoms with Crippen molar-refractivity contribution >= 4 is 23.1 Å². The Morgan fingerprint density at radius 3 is 2.94 bits per heavy atom. The highest BCUT2D eigenvalue weighted by Crippen LogP contribution is 2.24. The fourth-order valence-electron chi connectivity index (χ4n) is 1.45. The van der Waals surface area contributed by atoms with E-state index in [1.807, 2.05) is 0 Å². The van der Waals surface area contributed by atoms with Crippen LogP contribution in [0.2, 0.25) is 5.02 Å². The molecule has 0 radical (unpaired) electrons. The summed E-state index contributed by atoms with van der Waals surface area (Å²) >= 11 is 5.66. The van der Waals surface area contributed by atoms with Gasteiger partial charge >= 0.3 is 5.69 Å². The monoisotopic (exact) mass is 256 g/mol. The summed E-state index contributed by atoms with van der Waals surface area (Å²) in [5.74, 6) is 0.261. The Morgan fingerprint density at radius 2 is 2.29 bits per heavy atom. The highest BCUT2D eigenvalue weighted by molar-refractivity contribution is 6.30. The summed E-state index contributed by atoms with van der Waals surface area (Å²) in [6.07, 6.45) is 3.84. The largest absolute Gasteiger partial charge is 0.363 e. The number of hydrogen-bond donors (Lipinski definition) is 2. The summed E-state index contributed by atoms with van der Waals surface area (Å²) in [5.41, 5.74) is -0.0936. The average Bonchev–Trinajstić information content (AvgIpc) is 3.09. The van der Waals surface area contributed by atoms with Crippen LogP contribution in [0.5, 0.6) is 0 Å². The molecule has 1 fully saturated rings. The normalized spacial score (nSPS) is 14.6. The van der Waals surface area contributed by atoms with Crippen molar-refractivity contribution in [3.8, 4) is 0 Å². The zero-order valence-electron chi connectivity index (χ0n) is 9.15. The van der Waals surface area contributed by atoms with Crippen molar-refractivity contribution in [2.45, 2.75) is 18.9 Å². The summed E-state index contributed by atoms with van der Waals surface area (Å²) in [7, 11) is 0. The van der Waals surface area contributed by atoms with Gasteiger partial charge in [-0.05, 0) is 12.8 Å². The third kappa shape index (κ3) is 3.54.